The van der Waals surface area contributed by atoms with E-state index in [4.69, 9.17) is 49.2 Å². The SMILES string of the molecule is ClCCCOc1ccc(CN2CCC[C@@H]2CN2CCCC2)cc1.O=Cc1ccc(OCCCCl)cc1.[B].[C-]#N.[Na+].c1cc(OCCCN2CCCCC2)ccc1CN1CCC[C@@H]1CN1CCCC1. The standard InChI is InChI=1S/C24H39N3O.C19H29ClN2O.C10H11ClO2.CN.B.Na/c1-2-13-25(14-3-1)17-7-19-28-24-11-9-22(10-12-24)20-27-18-6-8-23(27)21-26-15-4-5-16-26;20-10-4-14-23-19-8-6-17(7-9-19)15-22-13-3-5-18(22)16-21-11-1-2-12-21;11-6-1-7-13-10-4-2-9(8-12)3-5-10;1-2;;/h9-12,23H,1-8,13-21H2;6-9,18H,1-5,10-16H2;2-5,8H,1,6-7H2;;;/q;;;-1;;+1/t23-;18-;;;;/m11..../s1. The zero-order valence-corrected chi connectivity index (χ0v) is 44.9. The van der Waals surface area contributed by atoms with Crippen molar-refractivity contribution in [3.05, 3.63) is 96.1 Å². The number of aldehydes is 1. The first-order valence-electron chi connectivity index (χ1n) is 25.2. The second-order valence-electron chi connectivity index (χ2n) is 18.4. The van der Waals surface area contributed by atoms with E-state index in [1.165, 1.54) is 154 Å². The van der Waals surface area contributed by atoms with E-state index in [2.05, 4.69) is 73.0 Å². The Morgan fingerprint density at radius 3 is 1.28 bits per heavy atom. The first-order chi connectivity index (χ1) is 32.6. The summed E-state index contributed by atoms with van der Waals surface area (Å²) < 4.78 is 17.0. The Hall–Kier alpha value is -2.34. The minimum Gasteiger partial charge on any atom is -0.512 e. The number of piperidine rings is 1. The molecule has 3 aromatic rings. The molecule has 0 bridgehead atoms. The Balaban J connectivity index is 0.000000277. The number of alkyl halides is 2. The molecule has 14 heteroatoms. The van der Waals surface area contributed by atoms with Crippen molar-refractivity contribution in [3.63, 3.8) is 0 Å². The van der Waals surface area contributed by atoms with Crippen molar-refractivity contribution < 1.29 is 48.6 Å². The van der Waals surface area contributed by atoms with Gasteiger partial charge in [0.15, 0.2) is 0 Å². The zero-order chi connectivity index (χ0) is 46.4. The second kappa shape index (κ2) is 36.6. The minimum absolute atomic E-state index is 0. The molecule has 5 heterocycles. The van der Waals surface area contributed by atoms with Crippen molar-refractivity contribution in [3.8, 4) is 17.2 Å². The molecule has 8 rings (SSSR count). The van der Waals surface area contributed by atoms with Crippen molar-refractivity contribution in [1.29, 1.82) is 5.26 Å². The molecule has 5 aliphatic rings. The van der Waals surface area contributed by atoms with Crippen LogP contribution >= 0.6 is 23.2 Å². The van der Waals surface area contributed by atoms with Gasteiger partial charge in [0, 0.05) is 70.5 Å². The van der Waals surface area contributed by atoms with Gasteiger partial charge in [0.1, 0.15) is 23.5 Å². The van der Waals surface area contributed by atoms with Gasteiger partial charge in [0.25, 0.3) is 0 Å². The molecule has 0 aromatic heterocycles. The number of halogens is 2. The topological polar surface area (TPSA) is 84.8 Å². The fourth-order valence-electron chi connectivity index (χ4n) is 9.79. The third-order valence-electron chi connectivity index (χ3n) is 13.4. The third-order valence-corrected chi connectivity index (χ3v) is 13.9. The molecule has 0 amide bonds. The van der Waals surface area contributed by atoms with E-state index in [9.17, 15) is 4.79 Å². The van der Waals surface area contributed by atoms with Gasteiger partial charge >= 0.3 is 29.6 Å². The Kier molecular flexibility index (Phi) is 32.2. The van der Waals surface area contributed by atoms with Gasteiger partial charge < -0.3 is 40.7 Å². The summed E-state index contributed by atoms with van der Waals surface area (Å²) >= 11 is 11.2. The van der Waals surface area contributed by atoms with Gasteiger partial charge in [-0.25, -0.2) is 0 Å². The molecule has 0 aliphatic carbocycles. The van der Waals surface area contributed by atoms with Gasteiger partial charge in [-0.05, 0) is 195 Å². The van der Waals surface area contributed by atoms with Crippen LogP contribution in [0.2, 0.25) is 0 Å². The predicted octanol–water partition coefficient (Wildman–Crippen LogP) is 6.98. The molecule has 0 spiro atoms. The van der Waals surface area contributed by atoms with E-state index < -0.39 is 0 Å². The maximum Gasteiger partial charge on any atom is 1.00 e. The Morgan fingerprint density at radius 1 is 0.515 bits per heavy atom. The number of hydrogen-bond donors (Lipinski definition) is 0. The minimum atomic E-state index is 0. The van der Waals surface area contributed by atoms with Crippen LogP contribution in [0.15, 0.2) is 72.8 Å². The van der Waals surface area contributed by atoms with Crippen LogP contribution in [0.25, 0.3) is 0 Å². The smallest absolute Gasteiger partial charge is 0.512 e. The number of likely N-dealkylation sites (tertiary alicyclic amines) is 5. The van der Waals surface area contributed by atoms with Crippen LogP contribution in [0, 0.1) is 11.8 Å². The zero-order valence-electron chi connectivity index (χ0n) is 41.4. The fraction of sp³-hybridized carbons (Fsp3) is 0.630. The molecule has 5 aliphatic heterocycles. The third kappa shape index (κ3) is 22.8. The molecule has 367 valence electrons. The summed E-state index contributed by atoms with van der Waals surface area (Å²) in [5.74, 6) is 4.01. The molecule has 10 nitrogen and oxygen atoms in total. The van der Waals surface area contributed by atoms with Crippen molar-refractivity contribution in [2.45, 2.75) is 115 Å². The van der Waals surface area contributed by atoms with Gasteiger partial charge in [-0.1, -0.05) is 30.7 Å². The van der Waals surface area contributed by atoms with Gasteiger partial charge in [0.2, 0.25) is 0 Å². The first kappa shape index (κ1) is 60.0. The fourth-order valence-corrected chi connectivity index (χ4v) is 10.0. The van der Waals surface area contributed by atoms with Crippen molar-refractivity contribution >= 4 is 37.9 Å². The molecule has 0 unspecified atom stereocenters. The number of hydrogen-bond acceptors (Lipinski definition) is 10. The Morgan fingerprint density at radius 2 is 0.882 bits per heavy atom. The maximum atomic E-state index is 10.3. The van der Waals surface area contributed by atoms with Gasteiger partial charge in [-0.15, -0.1) is 23.2 Å². The Labute approximate surface area is 445 Å². The molecular formula is C54H79BCl2N6NaO4. The van der Waals surface area contributed by atoms with Crippen LogP contribution in [0.1, 0.15) is 111 Å². The average molecular weight is 981 g/mol. The van der Waals surface area contributed by atoms with Crippen molar-refractivity contribution in [1.82, 2.24) is 24.5 Å². The van der Waals surface area contributed by atoms with E-state index in [1.807, 2.05) is 0 Å². The van der Waals surface area contributed by atoms with E-state index in [1.54, 1.807) is 24.3 Å². The quantitative estimate of drug-likeness (QED) is 0.0346. The van der Waals surface area contributed by atoms with Crippen LogP contribution < -0.4 is 43.8 Å². The number of rotatable bonds is 22. The molecule has 0 saturated carbocycles. The summed E-state index contributed by atoms with van der Waals surface area (Å²) in [6.07, 6.45) is 18.8. The summed E-state index contributed by atoms with van der Waals surface area (Å²) in [6.45, 7) is 23.1. The van der Waals surface area contributed by atoms with Crippen molar-refractivity contribution in [2.75, 3.05) is 104 Å². The normalized spacial score (nSPS) is 19.8. The van der Waals surface area contributed by atoms with Crippen LogP contribution in [-0.4, -0.2) is 155 Å². The maximum absolute atomic E-state index is 10.3. The number of carbonyl (C=O) groups is 1. The van der Waals surface area contributed by atoms with Crippen LogP contribution in [-0.2, 0) is 13.1 Å². The van der Waals surface area contributed by atoms with Crippen LogP contribution in [0.3, 0.4) is 0 Å². The van der Waals surface area contributed by atoms with E-state index in [0.29, 0.717) is 30.5 Å². The molecule has 3 aromatic carbocycles. The second-order valence-corrected chi connectivity index (χ2v) is 19.2. The number of nitrogens with zero attached hydrogens (tertiary/aromatic N) is 6. The molecule has 0 N–H and O–H groups in total. The van der Waals surface area contributed by atoms with Gasteiger partial charge in [0.05, 0.1) is 19.8 Å². The largest absolute Gasteiger partial charge is 1.00 e. The van der Waals surface area contributed by atoms with Crippen molar-refractivity contribution in [2.24, 2.45) is 0 Å². The van der Waals surface area contributed by atoms with Crippen LogP contribution in [0.4, 0.5) is 0 Å². The van der Waals surface area contributed by atoms with E-state index in [-0.39, 0.29) is 38.0 Å². The summed E-state index contributed by atoms with van der Waals surface area (Å²) in [5.41, 5.74) is 3.47. The van der Waals surface area contributed by atoms with Crippen LogP contribution in [0.5, 0.6) is 17.2 Å². The molecular weight excluding hydrogens is 901 g/mol. The summed E-state index contributed by atoms with van der Waals surface area (Å²) in [6, 6.07) is 26.0. The monoisotopic (exact) mass is 980 g/mol. The van der Waals surface area contributed by atoms with Gasteiger partial charge in [-0.3, -0.25) is 14.6 Å². The summed E-state index contributed by atoms with van der Waals surface area (Å²) in [5, 5.41) is 6.25. The predicted molar refractivity (Wildman–Crippen MR) is 276 cm³/mol. The molecule has 5 fully saturated rings. The Bertz CT molecular complexity index is 1730. The molecule has 5 saturated heterocycles. The molecule has 2 atom stereocenters. The number of carbonyl (C=O) groups excluding carboxylic acids is 1. The van der Waals surface area contributed by atoms with Gasteiger partial charge in [-0.2, -0.15) is 0 Å². The molecule has 68 heavy (non-hydrogen) atoms. The van der Waals surface area contributed by atoms with E-state index in [0.717, 1.165) is 74.6 Å². The summed E-state index contributed by atoms with van der Waals surface area (Å²) in [4.78, 5) is 23.6. The first-order valence-corrected chi connectivity index (χ1v) is 26.3. The summed E-state index contributed by atoms with van der Waals surface area (Å²) in [7, 11) is 0. The number of benzene rings is 3. The van der Waals surface area contributed by atoms with E-state index >= 15 is 0 Å². The average Bonchev–Trinajstić information content (AvgIpc) is 4.23. The number of ether oxygens (including phenoxy) is 3. The molecule has 3 radical (unpaired) electrons.